The first-order valence-electron chi connectivity index (χ1n) is 11.9. The molecule has 0 radical (unpaired) electrons. The maximum absolute atomic E-state index is 14.7. The fourth-order valence-corrected chi connectivity index (χ4v) is 4.76. The van der Waals surface area contributed by atoms with Gasteiger partial charge in [-0.2, -0.15) is 13.9 Å². The minimum absolute atomic E-state index is 0.136. The first kappa shape index (κ1) is 25.2. The number of esters is 1. The number of carbonyl (C=O) groups excluding carboxylic acids is 2. The third-order valence-corrected chi connectivity index (χ3v) is 6.93. The molecule has 1 aromatic carbocycles. The van der Waals surface area contributed by atoms with Crippen molar-refractivity contribution in [1.82, 2.24) is 15.0 Å². The Balaban J connectivity index is 1.17. The topological polar surface area (TPSA) is 75.9 Å². The second-order valence-electron chi connectivity index (χ2n) is 9.34. The molecule has 10 heteroatoms. The van der Waals surface area contributed by atoms with Gasteiger partial charge in [-0.3, -0.25) is 4.79 Å². The van der Waals surface area contributed by atoms with Gasteiger partial charge in [-0.15, -0.1) is 0 Å². The number of methoxy groups -OCH3 is 1. The summed E-state index contributed by atoms with van der Waals surface area (Å²) < 4.78 is 53.7. The summed E-state index contributed by atoms with van der Waals surface area (Å²) in [5.74, 6) is -7.23. The molecule has 2 fully saturated rings. The number of carbonyl (C=O) groups is 2. The van der Waals surface area contributed by atoms with Crippen molar-refractivity contribution in [2.45, 2.75) is 43.9 Å². The van der Waals surface area contributed by atoms with Crippen molar-refractivity contribution in [2.75, 3.05) is 33.3 Å². The first-order chi connectivity index (χ1) is 16.8. The van der Waals surface area contributed by atoms with Crippen LogP contribution in [-0.4, -0.2) is 66.1 Å². The summed E-state index contributed by atoms with van der Waals surface area (Å²) >= 11 is 0. The second kappa shape index (κ2) is 10.8. The van der Waals surface area contributed by atoms with E-state index in [0.29, 0.717) is 38.2 Å². The van der Waals surface area contributed by atoms with Gasteiger partial charge in [-0.1, -0.05) is 34.8 Å². The molecule has 1 amide bonds. The SMILES string of the molecule is COC(=O)c1coc(CCCN2CCC(CN(F)C(=O)C(F)(F)C3CC3c3ccccc3)CC2)n1. The second-order valence-corrected chi connectivity index (χ2v) is 9.34. The van der Waals surface area contributed by atoms with Crippen LogP contribution in [0.1, 0.15) is 53.5 Å². The predicted molar refractivity (Wildman–Crippen MR) is 120 cm³/mol. The van der Waals surface area contributed by atoms with E-state index in [1.165, 1.54) is 13.4 Å². The number of alkyl halides is 2. The largest absolute Gasteiger partial charge is 0.464 e. The third kappa shape index (κ3) is 6.04. The Morgan fingerprint density at radius 3 is 2.63 bits per heavy atom. The van der Waals surface area contributed by atoms with Gasteiger partial charge in [-0.25, -0.2) is 9.78 Å². The molecule has 2 aromatic rings. The number of rotatable bonds is 10. The highest BCUT2D eigenvalue weighted by Gasteiger charge is 2.61. The van der Waals surface area contributed by atoms with E-state index in [-0.39, 0.29) is 29.7 Å². The number of nitrogens with zero attached hydrogens (tertiary/aromatic N) is 3. The zero-order chi connectivity index (χ0) is 25.0. The van der Waals surface area contributed by atoms with Gasteiger partial charge >= 0.3 is 17.8 Å². The zero-order valence-corrected chi connectivity index (χ0v) is 19.7. The number of piperidine rings is 1. The number of aromatic nitrogens is 1. The van der Waals surface area contributed by atoms with Gasteiger partial charge in [0.25, 0.3) is 0 Å². The minimum Gasteiger partial charge on any atom is -0.464 e. The number of benzene rings is 1. The van der Waals surface area contributed by atoms with E-state index in [2.05, 4.69) is 14.6 Å². The molecule has 2 atom stereocenters. The zero-order valence-electron chi connectivity index (χ0n) is 19.7. The molecule has 2 heterocycles. The van der Waals surface area contributed by atoms with E-state index in [0.717, 1.165) is 18.5 Å². The lowest BCUT2D eigenvalue weighted by Crippen LogP contribution is -2.45. The van der Waals surface area contributed by atoms with Gasteiger partial charge in [-0.05, 0) is 62.7 Å². The Hall–Kier alpha value is -2.88. The molecule has 190 valence electrons. The first-order valence-corrected chi connectivity index (χ1v) is 11.9. The summed E-state index contributed by atoms with van der Waals surface area (Å²) in [5, 5.41) is -0.262. The molecule has 1 aromatic heterocycles. The van der Waals surface area contributed by atoms with Gasteiger partial charge in [0, 0.05) is 12.3 Å². The molecule has 1 aliphatic heterocycles. The fourth-order valence-electron chi connectivity index (χ4n) is 4.76. The molecule has 1 saturated carbocycles. The molecule has 1 aliphatic carbocycles. The maximum Gasteiger partial charge on any atom is 0.360 e. The van der Waals surface area contributed by atoms with Crippen molar-refractivity contribution in [1.29, 1.82) is 0 Å². The smallest absolute Gasteiger partial charge is 0.360 e. The van der Waals surface area contributed by atoms with Crippen LogP contribution in [-0.2, 0) is 16.0 Å². The number of oxazole rings is 1. The number of ether oxygens (including phenoxy) is 1. The molecule has 4 rings (SSSR count). The van der Waals surface area contributed by atoms with Crippen LogP contribution >= 0.6 is 0 Å². The van der Waals surface area contributed by atoms with Crippen LogP contribution in [0.2, 0.25) is 0 Å². The number of amides is 1. The standard InChI is InChI=1S/C25H30F3N3O4/c1-34-23(32)21-16-35-22(29-21)8-5-11-30-12-9-17(10-13-30)15-31(28)24(33)25(26,27)20-14-19(20)18-6-3-2-4-7-18/h2-4,6-7,16-17,19-20H,5,8-15H2,1H3. The molecule has 35 heavy (non-hydrogen) atoms. The van der Waals surface area contributed by atoms with E-state index < -0.39 is 29.6 Å². The Morgan fingerprint density at radius 1 is 1.23 bits per heavy atom. The molecule has 2 aliphatic rings. The maximum atomic E-state index is 14.7. The molecule has 7 nitrogen and oxygen atoms in total. The molecule has 0 spiro atoms. The molecular weight excluding hydrogens is 463 g/mol. The Bertz CT molecular complexity index is 1010. The summed E-state index contributed by atoms with van der Waals surface area (Å²) in [6, 6.07) is 8.87. The van der Waals surface area contributed by atoms with Crippen LogP contribution in [0.4, 0.5) is 13.3 Å². The van der Waals surface area contributed by atoms with Crippen molar-refractivity contribution in [3.05, 3.63) is 53.7 Å². The summed E-state index contributed by atoms with van der Waals surface area (Å²) in [7, 11) is 1.28. The number of hydrogen-bond donors (Lipinski definition) is 0. The third-order valence-electron chi connectivity index (χ3n) is 6.93. The number of aryl methyl sites for hydroxylation is 1. The minimum atomic E-state index is -3.70. The highest BCUT2D eigenvalue weighted by molar-refractivity contribution is 5.86. The lowest BCUT2D eigenvalue weighted by Gasteiger charge is -2.33. The highest BCUT2D eigenvalue weighted by atomic mass is 19.3. The summed E-state index contributed by atoms with van der Waals surface area (Å²) in [5.41, 5.74) is 0.894. The number of halogens is 3. The molecule has 1 saturated heterocycles. The van der Waals surface area contributed by atoms with E-state index in [1.54, 1.807) is 30.3 Å². The normalized spacial score (nSPS) is 21.0. The van der Waals surface area contributed by atoms with Crippen molar-refractivity contribution < 1.29 is 32.0 Å². The van der Waals surface area contributed by atoms with Crippen molar-refractivity contribution in [3.8, 4) is 0 Å². The molecule has 0 N–H and O–H groups in total. The van der Waals surface area contributed by atoms with E-state index in [1.807, 2.05) is 0 Å². The Kier molecular flexibility index (Phi) is 7.78. The van der Waals surface area contributed by atoms with E-state index in [4.69, 9.17) is 4.42 Å². The van der Waals surface area contributed by atoms with Crippen molar-refractivity contribution >= 4 is 11.9 Å². The van der Waals surface area contributed by atoms with Crippen LogP contribution in [0.25, 0.3) is 0 Å². The average molecular weight is 494 g/mol. The molecule has 0 bridgehead atoms. The van der Waals surface area contributed by atoms with Crippen molar-refractivity contribution in [2.24, 2.45) is 11.8 Å². The summed E-state index contributed by atoms with van der Waals surface area (Å²) in [6.07, 6.45) is 4.03. The Labute approximate surface area is 202 Å². The molecular formula is C25H30F3N3O4. The van der Waals surface area contributed by atoms with Crippen molar-refractivity contribution in [3.63, 3.8) is 0 Å². The average Bonchev–Trinajstić information content (AvgIpc) is 3.56. The monoisotopic (exact) mass is 493 g/mol. The van der Waals surface area contributed by atoms with Gasteiger partial charge in [0.15, 0.2) is 11.6 Å². The van der Waals surface area contributed by atoms with Crippen LogP contribution in [0, 0.1) is 11.8 Å². The van der Waals surface area contributed by atoms with Crippen LogP contribution in [0.5, 0.6) is 0 Å². The van der Waals surface area contributed by atoms with E-state index in [9.17, 15) is 22.9 Å². The highest BCUT2D eigenvalue weighted by Crippen LogP contribution is 2.56. The quantitative estimate of drug-likeness (QED) is 0.364. The van der Waals surface area contributed by atoms with Gasteiger partial charge in [0.1, 0.15) is 6.26 Å². The lowest BCUT2D eigenvalue weighted by atomic mass is 9.96. The number of hydrogen-bond acceptors (Lipinski definition) is 6. The summed E-state index contributed by atoms with van der Waals surface area (Å²) in [6.45, 7) is 1.85. The van der Waals surface area contributed by atoms with Gasteiger partial charge in [0.05, 0.1) is 13.7 Å². The Morgan fingerprint density at radius 2 is 1.94 bits per heavy atom. The molecule has 2 unspecified atom stereocenters. The van der Waals surface area contributed by atoms with Gasteiger partial charge in [0.2, 0.25) is 0 Å². The summed E-state index contributed by atoms with van der Waals surface area (Å²) in [4.78, 5) is 29.9. The lowest BCUT2D eigenvalue weighted by molar-refractivity contribution is -0.178. The predicted octanol–water partition coefficient (Wildman–Crippen LogP) is 4.26. The van der Waals surface area contributed by atoms with Crippen LogP contribution < -0.4 is 0 Å². The van der Waals surface area contributed by atoms with Crippen LogP contribution in [0.3, 0.4) is 0 Å². The fraction of sp³-hybridized carbons (Fsp3) is 0.560. The number of likely N-dealkylation sites (tertiary alicyclic amines) is 1. The van der Waals surface area contributed by atoms with E-state index >= 15 is 0 Å². The van der Waals surface area contributed by atoms with Gasteiger partial charge < -0.3 is 14.1 Å². The van der Waals surface area contributed by atoms with Crippen LogP contribution in [0.15, 0.2) is 41.0 Å².